The molecule has 2 N–H and O–H groups in total. The van der Waals surface area contributed by atoms with Gasteiger partial charge in [-0.25, -0.2) is 19.0 Å². The molecule has 0 spiro atoms. The number of carboxylic acid groups (broad SMARTS) is 1. The summed E-state index contributed by atoms with van der Waals surface area (Å²) in [6, 6.07) is 10.8. The number of piperazine rings is 1. The zero-order chi connectivity index (χ0) is 33.6. The number of aliphatic imine (C=N–C) groups is 1. The number of fused-ring (bicyclic) bond motifs is 1. The lowest BCUT2D eigenvalue weighted by Gasteiger charge is -2.38. The fourth-order valence-corrected chi connectivity index (χ4v) is 8.54. The van der Waals surface area contributed by atoms with Crippen LogP contribution in [0, 0.1) is 5.82 Å². The van der Waals surface area contributed by atoms with Gasteiger partial charge in [0.15, 0.2) is 10.8 Å². The van der Waals surface area contributed by atoms with Gasteiger partial charge < -0.3 is 20.1 Å². The third-order valence-corrected chi connectivity index (χ3v) is 11.3. The van der Waals surface area contributed by atoms with Gasteiger partial charge in [-0.05, 0) is 48.2 Å². The van der Waals surface area contributed by atoms with Crippen LogP contribution in [0.3, 0.4) is 0 Å². The van der Waals surface area contributed by atoms with Crippen LogP contribution in [-0.2, 0) is 19.7 Å². The summed E-state index contributed by atoms with van der Waals surface area (Å²) in [6.07, 6.45) is 4.71. The minimum absolute atomic E-state index is 0.0779. The summed E-state index contributed by atoms with van der Waals surface area (Å²) < 4.78 is 19.8. The van der Waals surface area contributed by atoms with Gasteiger partial charge in [-0.2, -0.15) is 0 Å². The number of thiazole rings is 1. The van der Waals surface area contributed by atoms with Crippen LogP contribution < -0.4 is 10.2 Å². The molecule has 1 aromatic heterocycles. The molecule has 14 heteroatoms. The third-order valence-electron chi connectivity index (χ3n) is 9.84. The Morgan fingerprint density at radius 3 is 2.58 bits per heavy atom. The topological polar surface area (TPSA) is 128 Å². The Labute approximate surface area is 289 Å². The van der Waals surface area contributed by atoms with E-state index < -0.39 is 29.2 Å². The lowest BCUT2D eigenvalue weighted by molar-refractivity contribution is -0.143. The first-order valence-corrected chi connectivity index (χ1v) is 17.5. The molecule has 250 valence electrons. The molecule has 0 bridgehead atoms. The van der Waals surface area contributed by atoms with Crippen LogP contribution in [-0.4, -0.2) is 89.6 Å². The average Bonchev–Trinajstić information content (AvgIpc) is 3.86. The molecule has 1 aliphatic carbocycles. The van der Waals surface area contributed by atoms with Crippen molar-refractivity contribution in [1.29, 1.82) is 0 Å². The number of methoxy groups -OCH3 is 1. The number of benzene rings is 2. The van der Waals surface area contributed by atoms with Crippen molar-refractivity contribution in [3.63, 3.8) is 0 Å². The van der Waals surface area contributed by atoms with E-state index in [4.69, 9.17) is 9.73 Å². The fourth-order valence-electron chi connectivity index (χ4n) is 7.39. The number of halogens is 2. The van der Waals surface area contributed by atoms with Gasteiger partial charge in [0.2, 0.25) is 0 Å². The number of nitrogens with one attached hydrogen (secondary N) is 1. The standard InChI is InChI=1S/C34H34BrFN6O5S/c1-47-31(43)27-26(38-29(30-37-12-15-48-30)39-28(27)24-9-6-21(36)16-25(24)35)19-40-13-14-41-23(17-40)18-42(33(41)46)22-7-4-20(5-8-22)34(32(44)45)10-2-3-11-34/h4-9,12,15-16,23,28H,2-3,10-11,13-14,17-19H2,1H3,(H,38,39)(H,44,45)/t23-,28-/m0/s1. The molecule has 7 rings (SSSR count). The molecule has 48 heavy (non-hydrogen) atoms. The van der Waals surface area contributed by atoms with Crippen molar-refractivity contribution in [3.05, 3.63) is 91.7 Å². The largest absolute Gasteiger partial charge is 0.481 e. The number of hydrogen-bond acceptors (Lipinski definition) is 9. The normalized spacial score (nSPS) is 22.4. The number of rotatable bonds is 8. The average molecular weight is 738 g/mol. The van der Waals surface area contributed by atoms with Gasteiger partial charge in [-0.1, -0.05) is 47.0 Å². The number of esters is 1. The maximum atomic E-state index is 14.1. The molecular weight excluding hydrogens is 703 g/mol. The highest BCUT2D eigenvalue weighted by Crippen LogP contribution is 2.42. The molecule has 0 unspecified atom stereocenters. The number of nitrogens with zero attached hydrogens (tertiary/aromatic N) is 5. The number of carbonyl (C=O) groups is 3. The minimum Gasteiger partial charge on any atom is -0.481 e. The molecule has 0 radical (unpaired) electrons. The second-order valence-corrected chi connectivity index (χ2v) is 14.3. The number of carboxylic acids is 1. The predicted octanol–water partition coefficient (Wildman–Crippen LogP) is 5.09. The number of hydrogen-bond donors (Lipinski definition) is 2. The predicted molar refractivity (Wildman–Crippen MR) is 182 cm³/mol. The van der Waals surface area contributed by atoms with E-state index in [2.05, 4.69) is 31.1 Å². The van der Waals surface area contributed by atoms with E-state index in [1.807, 2.05) is 34.5 Å². The lowest BCUT2D eigenvalue weighted by Crippen LogP contribution is -2.53. The summed E-state index contributed by atoms with van der Waals surface area (Å²) in [5.41, 5.74) is 2.20. The van der Waals surface area contributed by atoms with E-state index in [1.54, 1.807) is 17.2 Å². The van der Waals surface area contributed by atoms with E-state index in [0.717, 1.165) is 24.1 Å². The van der Waals surface area contributed by atoms with Crippen LogP contribution in [0.15, 0.2) is 74.8 Å². The quantitative estimate of drug-likeness (QED) is 0.307. The molecule has 2 saturated heterocycles. The van der Waals surface area contributed by atoms with Crippen molar-refractivity contribution in [3.8, 4) is 0 Å². The molecule has 3 aromatic rings. The van der Waals surface area contributed by atoms with Gasteiger partial charge in [0, 0.05) is 60.2 Å². The summed E-state index contributed by atoms with van der Waals surface area (Å²) in [6.45, 7) is 2.48. The molecule has 3 aliphatic heterocycles. The smallest absolute Gasteiger partial charge is 0.338 e. The minimum atomic E-state index is -0.855. The zero-order valence-electron chi connectivity index (χ0n) is 26.2. The molecule has 2 atom stereocenters. The number of amides is 2. The van der Waals surface area contributed by atoms with Gasteiger partial charge in [0.1, 0.15) is 11.9 Å². The Hall–Kier alpha value is -4.14. The summed E-state index contributed by atoms with van der Waals surface area (Å²) >= 11 is 4.87. The molecule has 4 aliphatic rings. The van der Waals surface area contributed by atoms with Crippen molar-refractivity contribution < 1.29 is 28.6 Å². The second kappa shape index (κ2) is 13.1. The van der Waals surface area contributed by atoms with Gasteiger partial charge in [0.25, 0.3) is 0 Å². The lowest BCUT2D eigenvalue weighted by atomic mass is 9.79. The highest BCUT2D eigenvalue weighted by molar-refractivity contribution is 9.10. The molecule has 4 heterocycles. The Morgan fingerprint density at radius 2 is 1.92 bits per heavy atom. The highest BCUT2D eigenvalue weighted by atomic mass is 79.9. The number of carbonyl (C=O) groups excluding carboxylic acids is 2. The third kappa shape index (κ3) is 5.79. The number of urea groups is 1. The van der Waals surface area contributed by atoms with Gasteiger partial charge >= 0.3 is 18.0 Å². The summed E-state index contributed by atoms with van der Waals surface area (Å²) in [5.74, 6) is -1.26. The van der Waals surface area contributed by atoms with Crippen molar-refractivity contribution in [2.75, 3.05) is 44.7 Å². The van der Waals surface area contributed by atoms with Crippen LogP contribution in [0.5, 0.6) is 0 Å². The van der Waals surface area contributed by atoms with Crippen LogP contribution in [0.1, 0.15) is 47.9 Å². The number of anilines is 1. The molecular formula is C34H34BrFN6O5S. The zero-order valence-corrected chi connectivity index (χ0v) is 28.6. The van der Waals surface area contributed by atoms with Crippen LogP contribution >= 0.6 is 27.3 Å². The van der Waals surface area contributed by atoms with Crippen molar-refractivity contribution >= 4 is 56.8 Å². The highest BCUT2D eigenvalue weighted by Gasteiger charge is 2.44. The van der Waals surface area contributed by atoms with E-state index in [0.29, 0.717) is 77.7 Å². The summed E-state index contributed by atoms with van der Waals surface area (Å²) in [5, 5.41) is 15.9. The van der Waals surface area contributed by atoms with Crippen molar-refractivity contribution in [2.45, 2.75) is 43.2 Å². The summed E-state index contributed by atoms with van der Waals surface area (Å²) in [7, 11) is 1.32. The Balaban J connectivity index is 1.13. The van der Waals surface area contributed by atoms with Crippen LogP contribution in [0.2, 0.25) is 0 Å². The fraction of sp³-hybridized carbons (Fsp3) is 0.382. The molecule has 2 amide bonds. The van der Waals surface area contributed by atoms with Crippen LogP contribution in [0.4, 0.5) is 14.9 Å². The van der Waals surface area contributed by atoms with E-state index in [9.17, 15) is 23.9 Å². The molecule has 3 fully saturated rings. The first-order valence-electron chi connectivity index (χ1n) is 15.8. The maximum absolute atomic E-state index is 14.1. The Bertz CT molecular complexity index is 1810. The first-order chi connectivity index (χ1) is 23.2. The van der Waals surface area contributed by atoms with E-state index in [-0.39, 0.29) is 12.1 Å². The molecule has 2 aromatic carbocycles. The van der Waals surface area contributed by atoms with E-state index >= 15 is 0 Å². The molecule has 11 nitrogen and oxygen atoms in total. The maximum Gasteiger partial charge on any atom is 0.338 e. The van der Waals surface area contributed by atoms with Crippen molar-refractivity contribution in [1.82, 2.24) is 20.1 Å². The second-order valence-electron chi connectivity index (χ2n) is 12.5. The van der Waals surface area contributed by atoms with Crippen LogP contribution in [0.25, 0.3) is 0 Å². The Morgan fingerprint density at radius 1 is 1.15 bits per heavy atom. The number of ether oxygens (including phenoxy) is 1. The first kappa shape index (κ1) is 32.4. The number of aromatic nitrogens is 1. The van der Waals surface area contributed by atoms with Gasteiger partial charge in [-0.15, -0.1) is 11.3 Å². The Kier molecular flexibility index (Phi) is 8.81. The number of amidine groups is 1. The monoisotopic (exact) mass is 736 g/mol. The van der Waals surface area contributed by atoms with Gasteiger partial charge in [0.05, 0.1) is 24.1 Å². The SMILES string of the molecule is COC(=O)C1=C(CN2CCN3C(=O)N(c4ccc(C5(C(=O)O)CCCC5)cc4)C[C@@H]3C2)NC(c2nccs2)=N[C@H]1c1ccc(F)cc1Br. The summed E-state index contributed by atoms with van der Waals surface area (Å²) in [4.78, 5) is 54.2. The van der Waals surface area contributed by atoms with Crippen molar-refractivity contribution in [2.24, 2.45) is 4.99 Å². The van der Waals surface area contributed by atoms with Gasteiger partial charge in [-0.3, -0.25) is 19.6 Å². The van der Waals surface area contributed by atoms with E-state index in [1.165, 1.54) is 30.6 Å². The molecule has 1 saturated carbocycles. The number of aliphatic carboxylic acids is 1.